The summed E-state index contributed by atoms with van der Waals surface area (Å²) in [6.45, 7) is 5.19. The number of rotatable bonds is 4. The Morgan fingerprint density at radius 1 is 1.36 bits per heavy atom. The Hall–Kier alpha value is -2.03. The summed E-state index contributed by atoms with van der Waals surface area (Å²) in [5, 5.41) is 4.74. The fourth-order valence-electron chi connectivity index (χ4n) is 3.90. The van der Waals surface area contributed by atoms with Crippen LogP contribution in [0.3, 0.4) is 0 Å². The molecule has 1 fully saturated rings. The van der Waals surface area contributed by atoms with E-state index in [1.807, 2.05) is 6.92 Å². The summed E-state index contributed by atoms with van der Waals surface area (Å²) in [7, 11) is 3.83. The molecule has 2 aliphatic heterocycles. The van der Waals surface area contributed by atoms with E-state index in [0.29, 0.717) is 18.0 Å². The summed E-state index contributed by atoms with van der Waals surface area (Å²) in [5.41, 5.74) is 1.86. The largest absolute Gasteiger partial charge is 0.385 e. The van der Waals surface area contributed by atoms with Crippen LogP contribution < -0.4 is 15.9 Å². The predicted molar refractivity (Wildman–Crippen MR) is 108 cm³/mol. The molecule has 4 heterocycles. The van der Waals surface area contributed by atoms with Gasteiger partial charge < -0.3 is 15.0 Å². The molecule has 5 nitrogen and oxygen atoms in total. The molecule has 0 bridgehead atoms. The number of thiophene rings is 1. The second-order valence-corrected chi connectivity index (χ2v) is 8.54. The molecule has 0 aromatic carbocycles. The van der Waals surface area contributed by atoms with E-state index in [1.54, 1.807) is 18.4 Å². The fourth-order valence-corrected chi connectivity index (χ4v) is 4.78. The molecule has 8 heteroatoms. The molecular weight excluding hydrogens is 382 g/mol. The zero-order valence-electron chi connectivity index (χ0n) is 16.3. The first-order chi connectivity index (χ1) is 13.5. The molecule has 0 aliphatic carbocycles. The molecule has 1 N–H and O–H groups in total. The van der Waals surface area contributed by atoms with Crippen LogP contribution >= 0.6 is 11.3 Å². The van der Waals surface area contributed by atoms with E-state index < -0.39 is 11.6 Å². The van der Waals surface area contributed by atoms with Crippen molar-refractivity contribution >= 4 is 28.2 Å². The third-order valence-electron chi connectivity index (χ3n) is 5.44. The topological polar surface area (TPSA) is 40.6 Å². The highest BCUT2D eigenvalue weighted by Crippen LogP contribution is 2.35. The maximum Gasteiger partial charge on any atom is 0.177 e. The SMILES string of the molecule is COCCC1CN(C2=c3ncc(F)c(F)c3=CNc3sc(C)cc32)CCN1C. The third kappa shape index (κ3) is 3.40. The van der Waals surface area contributed by atoms with Gasteiger partial charge in [-0.15, -0.1) is 11.3 Å². The Morgan fingerprint density at radius 3 is 2.96 bits per heavy atom. The lowest BCUT2D eigenvalue weighted by Gasteiger charge is -2.41. The monoisotopic (exact) mass is 406 g/mol. The zero-order valence-corrected chi connectivity index (χ0v) is 17.1. The number of piperazine rings is 1. The second-order valence-electron chi connectivity index (χ2n) is 7.28. The average molecular weight is 407 g/mol. The van der Waals surface area contributed by atoms with E-state index in [9.17, 15) is 8.78 Å². The third-order valence-corrected chi connectivity index (χ3v) is 6.42. The second kappa shape index (κ2) is 7.77. The first-order valence-corrected chi connectivity index (χ1v) is 10.2. The summed E-state index contributed by atoms with van der Waals surface area (Å²) < 4.78 is 33.7. The lowest BCUT2D eigenvalue weighted by Crippen LogP contribution is -2.52. The van der Waals surface area contributed by atoms with Gasteiger partial charge in [0.2, 0.25) is 0 Å². The van der Waals surface area contributed by atoms with Crippen molar-refractivity contribution in [2.45, 2.75) is 19.4 Å². The number of methoxy groups -OCH3 is 1. The summed E-state index contributed by atoms with van der Waals surface area (Å²) >= 11 is 1.60. The maximum absolute atomic E-state index is 14.6. The summed E-state index contributed by atoms with van der Waals surface area (Å²) in [4.78, 5) is 10.1. The van der Waals surface area contributed by atoms with E-state index in [0.717, 1.165) is 53.4 Å². The van der Waals surface area contributed by atoms with Crippen LogP contribution in [0, 0.1) is 18.6 Å². The van der Waals surface area contributed by atoms with Crippen molar-refractivity contribution in [3.8, 4) is 0 Å². The number of fused-ring (bicyclic) bond motifs is 2. The Labute approximate surface area is 166 Å². The maximum atomic E-state index is 14.6. The van der Waals surface area contributed by atoms with Crippen LogP contribution in [0.25, 0.3) is 11.9 Å². The van der Waals surface area contributed by atoms with Crippen LogP contribution in [0.15, 0.2) is 12.3 Å². The van der Waals surface area contributed by atoms with Crippen LogP contribution in [-0.4, -0.2) is 61.2 Å². The number of likely N-dealkylation sites (N-methyl/N-ethyl adjacent to an activating group) is 1. The Bertz CT molecular complexity index is 1010. The molecule has 4 rings (SSSR count). The number of pyridine rings is 1. The van der Waals surface area contributed by atoms with Crippen molar-refractivity contribution in [2.75, 3.05) is 45.7 Å². The zero-order chi connectivity index (χ0) is 19.8. The molecule has 2 aromatic rings. The van der Waals surface area contributed by atoms with Gasteiger partial charge in [0.1, 0.15) is 5.00 Å². The molecule has 2 aliphatic rings. The number of hydrogen-bond acceptors (Lipinski definition) is 6. The summed E-state index contributed by atoms with van der Waals surface area (Å²) in [6.07, 6.45) is 3.42. The number of aromatic nitrogens is 1. The Kier molecular flexibility index (Phi) is 5.35. The van der Waals surface area contributed by atoms with Gasteiger partial charge in [0.15, 0.2) is 11.6 Å². The quantitative estimate of drug-likeness (QED) is 0.837. The minimum Gasteiger partial charge on any atom is -0.385 e. The number of anilines is 1. The lowest BCUT2D eigenvalue weighted by atomic mass is 10.1. The van der Waals surface area contributed by atoms with Gasteiger partial charge in [-0.3, -0.25) is 9.88 Å². The van der Waals surface area contributed by atoms with Gasteiger partial charge >= 0.3 is 0 Å². The molecule has 0 spiro atoms. The van der Waals surface area contributed by atoms with Gasteiger partial charge in [-0.05, 0) is 26.5 Å². The van der Waals surface area contributed by atoms with Gasteiger partial charge in [0.05, 0.1) is 22.5 Å². The van der Waals surface area contributed by atoms with Gasteiger partial charge in [-0.1, -0.05) is 0 Å². The summed E-state index contributed by atoms with van der Waals surface area (Å²) in [6, 6.07) is 2.41. The van der Waals surface area contributed by atoms with Crippen molar-refractivity contribution in [1.82, 2.24) is 14.8 Å². The molecule has 150 valence electrons. The normalized spacial score (nSPS) is 19.5. The van der Waals surface area contributed by atoms with Crippen LogP contribution in [0.2, 0.25) is 0 Å². The number of halogens is 2. The van der Waals surface area contributed by atoms with E-state index in [2.05, 4.69) is 33.2 Å². The standard InChI is InChI=1S/C20H24F2N4OS/c1-12-8-14-19(26-6-5-25(2)13(11-26)4-7-27-3)18-15(9-24-20(14)28-12)17(22)16(21)10-23-18/h8-10,13,24H,4-7,11H2,1-3H3. The molecular formula is C20H24F2N4OS. The highest BCUT2D eigenvalue weighted by molar-refractivity contribution is 7.16. The van der Waals surface area contributed by atoms with Crippen LogP contribution in [-0.2, 0) is 4.74 Å². The van der Waals surface area contributed by atoms with Gasteiger partial charge in [0.25, 0.3) is 0 Å². The summed E-state index contributed by atoms with van der Waals surface area (Å²) in [5.74, 6) is -1.80. The fraction of sp³-hybridized carbons (Fsp3) is 0.450. The number of hydrogen-bond donors (Lipinski definition) is 1. The van der Waals surface area contributed by atoms with Crippen molar-refractivity contribution in [3.63, 3.8) is 0 Å². The number of ether oxygens (including phenoxy) is 1. The highest BCUT2D eigenvalue weighted by atomic mass is 32.1. The molecule has 0 radical (unpaired) electrons. The van der Waals surface area contributed by atoms with Gasteiger partial charge in [-0.2, -0.15) is 0 Å². The van der Waals surface area contributed by atoms with Crippen LogP contribution in [0.4, 0.5) is 13.8 Å². The minimum absolute atomic E-state index is 0.170. The van der Waals surface area contributed by atoms with Crippen molar-refractivity contribution in [2.24, 2.45) is 0 Å². The molecule has 0 saturated carbocycles. The smallest absolute Gasteiger partial charge is 0.177 e. The molecule has 2 aromatic heterocycles. The molecule has 1 unspecified atom stereocenters. The molecule has 1 atom stereocenters. The number of nitrogens with one attached hydrogen (secondary N) is 1. The predicted octanol–water partition coefficient (Wildman–Crippen LogP) is 1.70. The number of nitrogens with zero attached hydrogens (tertiary/aromatic N) is 3. The lowest BCUT2D eigenvalue weighted by molar-refractivity contribution is 0.0960. The Morgan fingerprint density at radius 2 is 2.18 bits per heavy atom. The molecule has 28 heavy (non-hydrogen) atoms. The van der Waals surface area contributed by atoms with Crippen molar-refractivity contribution in [3.05, 3.63) is 44.9 Å². The average Bonchev–Trinajstić information content (AvgIpc) is 2.97. The van der Waals surface area contributed by atoms with E-state index in [-0.39, 0.29) is 5.22 Å². The number of aryl methyl sites for hydroxylation is 1. The van der Waals surface area contributed by atoms with E-state index >= 15 is 0 Å². The van der Waals surface area contributed by atoms with Gasteiger partial charge in [0, 0.05) is 56.0 Å². The highest BCUT2D eigenvalue weighted by Gasteiger charge is 2.29. The minimum atomic E-state index is -0.936. The van der Waals surface area contributed by atoms with E-state index in [4.69, 9.17) is 4.74 Å². The first kappa shape index (κ1) is 19.3. The van der Waals surface area contributed by atoms with Crippen molar-refractivity contribution < 1.29 is 13.5 Å². The van der Waals surface area contributed by atoms with Crippen LogP contribution in [0.5, 0.6) is 0 Å². The Balaban J connectivity index is 1.87. The first-order valence-electron chi connectivity index (χ1n) is 9.35. The van der Waals surface area contributed by atoms with Crippen molar-refractivity contribution in [1.29, 1.82) is 0 Å². The van der Waals surface area contributed by atoms with E-state index in [1.165, 1.54) is 6.20 Å². The van der Waals surface area contributed by atoms with Crippen LogP contribution in [0.1, 0.15) is 16.9 Å². The van der Waals surface area contributed by atoms with Gasteiger partial charge in [-0.25, -0.2) is 8.78 Å². The molecule has 0 amide bonds. The molecule has 1 saturated heterocycles.